The minimum atomic E-state index is 0.179. The number of aromatic nitrogens is 1. The lowest BCUT2D eigenvalue weighted by Gasteiger charge is -2.00. The molecule has 5 heteroatoms. The normalized spacial score (nSPS) is 11.7. The SMILES string of the molecule is NNC(N)=Nc1ccc2ncccc2c1. The van der Waals surface area contributed by atoms with Crippen LogP contribution in [0.1, 0.15) is 0 Å². The van der Waals surface area contributed by atoms with Crippen LogP contribution in [0.5, 0.6) is 0 Å². The lowest BCUT2D eigenvalue weighted by atomic mass is 10.2. The van der Waals surface area contributed by atoms with Crippen molar-refractivity contribution in [1.29, 1.82) is 0 Å². The molecule has 5 nitrogen and oxygen atoms in total. The second-order valence-electron chi connectivity index (χ2n) is 3.02. The van der Waals surface area contributed by atoms with Crippen molar-refractivity contribution in [3.8, 4) is 0 Å². The summed E-state index contributed by atoms with van der Waals surface area (Å²) in [6.07, 6.45) is 1.75. The fourth-order valence-corrected chi connectivity index (χ4v) is 1.30. The highest BCUT2D eigenvalue weighted by Gasteiger charge is 1.95. The summed E-state index contributed by atoms with van der Waals surface area (Å²) >= 11 is 0. The highest BCUT2D eigenvalue weighted by molar-refractivity contribution is 5.85. The van der Waals surface area contributed by atoms with Gasteiger partial charge in [0, 0.05) is 11.6 Å². The first-order valence-electron chi connectivity index (χ1n) is 4.45. The van der Waals surface area contributed by atoms with Gasteiger partial charge in [0.25, 0.3) is 0 Å². The van der Waals surface area contributed by atoms with Gasteiger partial charge in [-0.05, 0) is 24.3 Å². The molecule has 0 atom stereocenters. The molecule has 0 saturated heterocycles. The number of fused-ring (bicyclic) bond motifs is 1. The van der Waals surface area contributed by atoms with E-state index in [-0.39, 0.29) is 5.96 Å². The van der Waals surface area contributed by atoms with Gasteiger partial charge in [0.2, 0.25) is 5.96 Å². The molecule has 2 rings (SSSR count). The second-order valence-corrected chi connectivity index (χ2v) is 3.02. The van der Waals surface area contributed by atoms with Gasteiger partial charge in [0.05, 0.1) is 11.2 Å². The van der Waals surface area contributed by atoms with E-state index in [4.69, 9.17) is 11.6 Å². The lowest BCUT2D eigenvalue weighted by molar-refractivity contribution is 1.01. The fourth-order valence-electron chi connectivity index (χ4n) is 1.30. The maximum Gasteiger partial charge on any atom is 0.208 e. The minimum absolute atomic E-state index is 0.179. The molecule has 1 aromatic carbocycles. The van der Waals surface area contributed by atoms with Gasteiger partial charge in [-0.25, -0.2) is 10.8 Å². The summed E-state index contributed by atoms with van der Waals surface area (Å²) in [6.45, 7) is 0. The van der Waals surface area contributed by atoms with E-state index in [0.717, 1.165) is 16.6 Å². The summed E-state index contributed by atoms with van der Waals surface area (Å²) in [7, 11) is 0. The molecule has 0 amide bonds. The number of nitrogens with zero attached hydrogens (tertiary/aromatic N) is 2. The summed E-state index contributed by atoms with van der Waals surface area (Å²) in [5.41, 5.74) is 9.39. The molecule has 5 N–H and O–H groups in total. The third-order valence-electron chi connectivity index (χ3n) is 1.98. The predicted octanol–water partition coefficient (Wildman–Crippen LogP) is 0.644. The zero-order valence-corrected chi connectivity index (χ0v) is 8.01. The van der Waals surface area contributed by atoms with Crippen molar-refractivity contribution in [2.75, 3.05) is 0 Å². The molecule has 2 aromatic rings. The van der Waals surface area contributed by atoms with E-state index in [1.165, 1.54) is 0 Å². The van der Waals surface area contributed by atoms with Gasteiger partial charge in [-0.3, -0.25) is 10.4 Å². The second kappa shape index (κ2) is 3.93. The summed E-state index contributed by atoms with van der Waals surface area (Å²) in [5, 5.41) is 1.02. The Kier molecular flexibility index (Phi) is 2.47. The Balaban J connectivity index is 2.47. The van der Waals surface area contributed by atoms with E-state index >= 15 is 0 Å². The number of aliphatic imine (C=N–C) groups is 1. The van der Waals surface area contributed by atoms with Gasteiger partial charge in [-0.15, -0.1) is 0 Å². The molecule has 0 aliphatic rings. The first-order valence-corrected chi connectivity index (χ1v) is 4.45. The smallest absolute Gasteiger partial charge is 0.208 e. The van der Waals surface area contributed by atoms with Gasteiger partial charge < -0.3 is 5.73 Å². The largest absolute Gasteiger partial charge is 0.369 e. The van der Waals surface area contributed by atoms with Crippen molar-refractivity contribution in [3.05, 3.63) is 36.5 Å². The molecule has 0 aliphatic heterocycles. The number of hydrogen-bond acceptors (Lipinski definition) is 3. The topological polar surface area (TPSA) is 89.3 Å². The molecular weight excluding hydrogens is 190 g/mol. The van der Waals surface area contributed by atoms with Crippen LogP contribution in [-0.2, 0) is 0 Å². The van der Waals surface area contributed by atoms with Crippen molar-refractivity contribution >= 4 is 22.5 Å². The average molecular weight is 201 g/mol. The third kappa shape index (κ3) is 2.03. The lowest BCUT2D eigenvalue weighted by Crippen LogP contribution is -2.36. The van der Waals surface area contributed by atoms with E-state index in [1.807, 2.05) is 30.3 Å². The van der Waals surface area contributed by atoms with Crippen LogP contribution in [0.15, 0.2) is 41.5 Å². The highest BCUT2D eigenvalue weighted by Crippen LogP contribution is 2.18. The number of pyridine rings is 1. The number of benzene rings is 1. The monoisotopic (exact) mass is 201 g/mol. The zero-order chi connectivity index (χ0) is 10.7. The maximum absolute atomic E-state index is 5.45. The van der Waals surface area contributed by atoms with Crippen LogP contribution in [0, 0.1) is 0 Å². The van der Waals surface area contributed by atoms with Gasteiger partial charge in [0.15, 0.2) is 0 Å². The Bertz CT molecular complexity index is 506. The Morgan fingerprint density at radius 1 is 1.33 bits per heavy atom. The van der Waals surface area contributed by atoms with Crippen LogP contribution in [0.3, 0.4) is 0 Å². The zero-order valence-electron chi connectivity index (χ0n) is 8.01. The van der Waals surface area contributed by atoms with Gasteiger partial charge >= 0.3 is 0 Å². The first kappa shape index (κ1) is 9.42. The summed E-state index contributed by atoms with van der Waals surface area (Å²) in [6, 6.07) is 9.46. The van der Waals surface area contributed by atoms with E-state index in [2.05, 4.69) is 15.4 Å². The molecule has 0 aliphatic carbocycles. The van der Waals surface area contributed by atoms with Crippen LogP contribution in [0.25, 0.3) is 10.9 Å². The van der Waals surface area contributed by atoms with Crippen LogP contribution in [0.4, 0.5) is 5.69 Å². The number of hydrogen-bond donors (Lipinski definition) is 3. The van der Waals surface area contributed by atoms with E-state index < -0.39 is 0 Å². The predicted molar refractivity (Wildman–Crippen MR) is 60.3 cm³/mol. The van der Waals surface area contributed by atoms with Crippen molar-refractivity contribution in [1.82, 2.24) is 10.4 Å². The minimum Gasteiger partial charge on any atom is -0.369 e. The van der Waals surface area contributed by atoms with Crippen molar-refractivity contribution in [3.63, 3.8) is 0 Å². The molecule has 0 saturated carbocycles. The summed E-state index contributed by atoms with van der Waals surface area (Å²) < 4.78 is 0. The molecule has 1 aromatic heterocycles. The first-order chi connectivity index (χ1) is 7.29. The van der Waals surface area contributed by atoms with Crippen LogP contribution >= 0.6 is 0 Å². The molecule has 76 valence electrons. The molecule has 0 fully saturated rings. The number of guanidine groups is 1. The highest BCUT2D eigenvalue weighted by atomic mass is 15.3. The summed E-state index contributed by atoms with van der Waals surface area (Å²) in [5.74, 6) is 5.29. The quantitative estimate of drug-likeness (QED) is 0.273. The molecular formula is C10H11N5. The maximum atomic E-state index is 5.45. The van der Waals surface area contributed by atoms with E-state index in [9.17, 15) is 0 Å². The van der Waals surface area contributed by atoms with Gasteiger partial charge in [0.1, 0.15) is 0 Å². The molecule has 0 bridgehead atoms. The molecule has 15 heavy (non-hydrogen) atoms. The van der Waals surface area contributed by atoms with Crippen LogP contribution < -0.4 is 17.0 Å². The van der Waals surface area contributed by atoms with Gasteiger partial charge in [-0.1, -0.05) is 6.07 Å². The molecule has 1 heterocycles. The standard InChI is InChI=1S/C10H11N5/c11-10(15-12)14-8-3-4-9-7(6-8)2-1-5-13-9/h1-6H,12H2,(H3,11,14,15). The molecule has 0 radical (unpaired) electrons. The number of hydrazine groups is 1. The number of rotatable bonds is 1. The third-order valence-corrected chi connectivity index (χ3v) is 1.98. The number of nitrogens with two attached hydrogens (primary N) is 2. The number of nitrogens with one attached hydrogen (secondary N) is 1. The van der Waals surface area contributed by atoms with Crippen molar-refractivity contribution in [2.45, 2.75) is 0 Å². The average Bonchev–Trinajstić information content (AvgIpc) is 2.29. The van der Waals surface area contributed by atoms with Crippen molar-refractivity contribution < 1.29 is 0 Å². The molecule has 0 spiro atoms. The Hall–Kier alpha value is -2.14. The molecule has 0 unspecified atom stereocenters. The van der Waals surface area contributed by atoms with E-state index in [1.54, 1.807) is 6.20 Å². The fraction of sp³-hybridized carbons (Fsp3) is 0. The Labute approximate surface area is 86.8 Å². The summed E-state index contributed by atoms with van der Waals surface area (Å²) in [4.78, 5) is 8.26. The van der Waals surface area contributed by atoms with E-state index in [0.29, 0.717) is 0 Å². The Morgan fingerprint density at radius 3 is 3.00 bits per heavy atom. The van der Waals surface area contributed by atoms with Crippen molar-refractivity contribution in [2.24, 2.45) is 16.6 Å². The van der Waals surface area contributed by atoms with Gasteiger partial charge in [-0.2, -0.15) is 0 Å². The van der Waals surface area contributed by atoms with Crippen LogP contribution in [-0.4, -0.2) is 10.9 Å². The van der Waals surface area contributed by atoms with Crippen LogP contribution in [0.2, 0.25) is 0 Å². The Morgan fingerprint density at radius 2 is 2.20 bits per heavy atom.